The van der Waals surface area contributed by atoms with Gasteiger partial charge >= 0.3 is 6.36 Å². The Morgan fingerprint density at radius 3 is 2.35 bits per heavy atom. The predicted molar refractivity (Wildman–Crippen MR) is 101 cm³/mol. The van der Waals surface area contributed by atoms with E-state index in [4.69, 9.17) is 23.2 Å². The Labute approximate surface area is 169 Å². The van der Waals surface area contributed by atoms with Crippen molar-refractivity contribution in [2.24, 2.45) is 0 Å². The molecule has 1 aliphatic rings. The molecule has 0 aliphatic carbocycles. The zero-order valence-electron chi connectivity index (χ0n) is 13.4. The van der Waals surface area contributed by atoms with Gasteiger partial charge in [0.25, 0.3) is 0 Å². The van der Waals surface area contributed by atoms with Gasteiger partial charge in [-0.05, 0) is 29.8 Å². The SMILES string of the molecule is Cl.FC(F)(F)Oc1ccc([C@@H](c2ccc(Cl)s2)N2CCNCC2)cc1Cl. The first-order chi connectivity index (χ1) is 11.8. The second kappa shape index (κ2) is 8.99. The summed E-state index contributed by atoms with van der Waals surface area (Å²) >= 11 is 13.6. The molecule has 1 aromatic heterocycles. The lowest BCUT2D eigenvalue weighted by atomic mass is 10.0. The Balaban J connectivity index is 0.00000243. The van der Waals surface area contributed by atoms with Crippen LogP contribution in [0.15, 0.2) is 30.3 Å². The fraction of sp³-hybridized carbons (Fsp3) is 0.375. The van der Waals surface area contributed by atoms with Gasteiger partial charge in [-0.1, -0.05) is 29.3 Å². The number of nitrogens with one attached hydrogen (secondary N) is 1. The Morgan fingerprint density at radius 1 is 1.12 bits per heavy atom. The number of piperazine rings is 1. The van der Waals surface area contributed by atoms with Crippen LogP contribution in [-0.2, 0) is 0 Å². The van der Waals surface area contributed by atoms with E-state index in [-0.39, 0.29) is 23.5 Å². The van der Waals surface area contributed by atoms with Gasteiger partial charge in [0.2, 0.25) is 0 Å². The molecule has 3 rings (SSSR count). The molecule has 0 radical (unpaired) electrons. The molecule has 3 nitrogen and oxygen atoms in total. The highest BCUT2D eigenvalue weighted by Gasteiger charge is 2.32. The van der Waals surface area contributed by atoms with Crippen molar-refractivity contribution in [3.63, 3.8) is 0 Å². The largest absolute Gasteiger partial charge is 0.573 e. The lowest BCUT2D eigenvalue weighted by Gasteiger charge is -2.35. The van der Waals surface area contributed by atoms with Crippen molar-refractivity contribution in [1.29, 1.82) is 0 Å². The van der Waals surface area contributed by atoms with E-state index >= 15 is 0 Å². The van der Waals surface area contributed by atoms with Crippen LogP contribution in [-0.4, -0.2) is 37.4 Å². The number of thiophene rings is 1. The lowest BCUT2D eigenvalue weighted by Crippen LogP contribution is -2.45. The first-order valence-electron chi connectivity index (χ1n) is 7.59. The summed E-state index contributed by atoms with van der Waals surface area (Å²) in [5.41, 5.74) is 0.806. The summed E-state index contributed by atoms with van der Waals surface area (Å²) in [5, 5.41) is 3.22. The summed E-state index contributed by atoms with van der Waals surface area (Å²) in [4.78, 5) is 3.28. The molecule has 0 bridgehead atoms. The maximum absolute atomic E-state index is 12.4. The normalized spacial score (nSPS) is 16.8. The fourth-order valence-electron chi connectivity index (χ4n) is 2.87. The average Bonchev–Trinajstić information content (AvgIpc) is 2.96. The molecule has 0 spiro atoms. The molecule has 0 saturated carbocycles. The van der Waals surface area contributed by atoms with E-state index in [1.165, 1.54) is 23.5 Å². The van der Waals surface area contributed by atoms with Gasteiger partial charge < -0.3 is 10.1 Å². The highest BCUT2D eigenvalue weighted by molar-refractivity contribution is 7.16. The van der Waals surface area contributed by atoms with Crippen LogP contribution in [0.4, 0.5) is 13.2 Å². The molecule has 1 saturated heterocycles. The van der Waals surface area contributed by atoms with Gasteiger partial charge in [0, 0.05) is 31.1 Å². The van der Waals surface area contributed by atoms with Gasteiger partial charge in [-0.2, -0.15) is 0 Å². The maximum Gasteiger partial charge on any atom is 0.573 e. The van der Waals surface area contributed by atoms with Gasteiger partial charge in [0.05, 0.1) is 15.4 Å². The lowest BCUT2D eigenvalue weighted by molar-refractivity contribution is -0.274. The molecule has 1 atom stereocenters. The summed E-state index contributed by atoms with van der Waals surface area (Å²) in [5.74, 6) is -0.402. The Kier molecular flexibility index (Phi) is 7.47. The summed E-state index contributed by atoms with van der Waals surface area (Å²) in [7, 11) is 0. The smallest absolute Gasteiger partial charge is 0.404 e. The molecular weight excluding hydrogens is 432 g/mol. The monoisotopic (exact) mass is 446 g/mol. The number of benzene rings is 1. The third kappa shape index (κ3) is 5.41. The first kappa shape index (κ1) is 21.6. The summed E-state index contributed by atoms with van der Waals surface area (Å²) in [6.07, 6.45) is -4.77. The Morgan fingerprint density at radius 2 is 1.81 bits per heavy atom. The first-order valence-corrected chi connectivity index (χ1v) is 9.16. The molecule has 26 heavy (non-hydrogen) atoms. The maximum atomic E-state index is 12.4. The van der Waals surface area contributed by atoms with Gasteiger partial charge in [0.15, 0.2) is 0 Å². The topological polar surface area (TPSA) is 24.5 Å². The molecule has 144 valence electrons. The van der Waals surface area contributed by atoms with E-state index in [2.05, 4.69) is 15.0 Å². The second-order valence-corrected chi connectivity index (χ2v) is 7.72. The van der Waals surface area contributed by atoms with E-state index in [9.17, 15) is 13.2 Å². The molecule has 1 fully saturated rings. The van der Waals surface area contributed by atoms with E-state index < -0.39 is 12.1 Å². The minimum absolute atomic E-state index is 0. The van der Waals surface area contributed by atoms with Gasteiger partial charge in [-0.15, -0.1) is 36.9 Å². The van der Waals surface area contributed by atoms with Crippen LogP contribution in [0, 0.1) is 0 Å². The summed E-state index contributed by atoms with van der Waals surface area (Å²) in [6.45, 7) is 3.33. The number of hydrogen-bond donors (Lipinski definition) is 1. The second-order valence-electron chi connectivity index (χ2n) is 5.57. The van der Waals surface area contributed by atoms with Crippen LogP contribution in [0.1, 0.15) is 16.5 Å². The summed E-state index contributed by atoms with van der Waals surface area (Å²) < 4.78 is 41.9. The minimum Gasteiger partial charge on any atom is -0.404 e. The molecule has 0 unspecified atom stereocenters. The quantitative estimate of drug-likeness (QED) is 0.682. The van der Waals surface area contributed by atoms with Crippen molar-refractivity contribution >= 4 is 46.9 Å². The predicted octanol–water partition coefficient (Wildman–Crippen LogP) is 5.37. The van der Waals surface area contributed by atoms with Crippen LogP contribution in [0.3, 0.4) is 0 Å². The van der Waals surface area contributed by atoms with Crippen molar-refractivity contribution in [3.8, 4) is 5.75 Å². The Hall–Kier alpha value is -0.700. The van der Waals surface area contributed by atoms with E-state index in [0.29, 0.717) is 4.34 Å². The molecule has 2 aromatic rings. The zero-order chi connectivity index (χ0) is 18.0. The van der Waals surface area contributed by atoms with Crippen LogP contribution in [0.5, 0.6) is 5.75 Å². The Bertz CT molecular complexity index is 736. The molecular formula is C16H16Cl3F3N2OS. The molecule has 10 heteroatoms. The van der Waals surface area contributed by atoms with Crippen LogP contribution >= 0.6 is 46.9 Å². The van der Waals surface area contributed by atoms with Crippen LogP contribution in [0.2, 0.25) is 9.36 Å². The zero-order valence-corrected chi connectivity index (χ0v) is 16.5. The van der Waals surface area contributed by atoms with E-state index in [0.717, 1.165) is 36.6 Å². The number of ether oxygens (including phenoxy) is 1. The van der Waals surface area contributed by atoms with Gasteiger partial charge in [-0.25, -0.2) is 0 Å². The van der Waals surface area contributed by atoms with Crippen molar-refractivity contribution in [2.75, 3.05) is 26.2 Å². The summed E-state index contributed by atoms with van der Waals surface area (Å²) in [6, 6.07) is 8.05. The average molecular weight is 448 g/mol. The molecule has 0 amide bonds. The van der Waals surface area contributed by atoms with Crippen LogP contribution in [0.25, 0.3) is 0 Å². The minimum atomic E-state index is -4.77. The van der Waals surface area contributed by atoms with E-state index in [1.807, 2.05) is 12.1 Å². The van der Waals surface area contributed by atoms with Crippen molar-refractivity contribution < 1.29 is 17.9 Å². The molecule has 2 heterocycles. The highest BCUT2D eigenvalue weighted by Crippen LogP contribution is 2.39. The molecule has 1 aliphatic heterocycles. The number of nitrogens with zero attached hydrogens (tertiary/aromatic N) is 1. The third-order valence-electron chi connectivity index (χ3n) is 3.88. The third-order valence-corrected chi connectivity index (χ3v) is 5.46. The number of halogens is 6. The fourth-order valence-corrected chi connectivity index (χ4v) is 4.32. The van der Waals surface area contributed by atoms with Crippen molar-refractivity contribution in [2.45, 2.75) is 12.4 Å². The standard InChI is InChI=1S/C16H15Cl2F3N2OS.ClH/c17-11-9-10(1-2-12(11)24-16(19,20)21)15(13-3-4-14(18)25-13)23-7-5-22-6-8-23;/h1-4,9,15,22H,5-8H2;1H/t15-;/m0./s1. The van der Waals surface area contributed by atoms with E-state index in [1.54, 1.807) is 6.07 Å². The van der Waals surface area contributed by atoms with Crippen molar-refractivity contribution in [1.82, 2.24) is 10.2 Å². The number of alkyl halides is 3. The van der Waals surface area contributed by atoms with Gasteiger partial charge in [0.1, 0.15) is 5.75 Å². The number of hydrogen-bond acceptors (Lipinski definition) is 4. The number of rotatable bonds is 4. The molecule has 1 N–H and O–H groups in total. The molecule has 1 aromatic carbocycles. The highest BCUT2D eigenvalue weighted by atomic mass is 35.5. The van der Waals surface area contributed by atoms with Crippen LogP contribution < -0.4 is 10.1 Å². The van der Waals surface area contributed by atoms with Crippen molar-refractivity contribution in [3.05, 3.63) is 50.1 Å². The van der Waals surface area contributed by atoms with Gasteiger partial charge in [-0.3, -0.25) is 4.90 Å².